The zero-order chi connectivity index (χ0) is 41.1. The molecule has 54 heavy (non-hydrogen) atoms. The van der Waals surface area contributed by atoms with Crippen LogP contribution in [0.15, 0.2) is 30.3 Å². The molecule has 0 bridgehead atoms. The van der Waals surface area contributed by atoms with Crippen molar-refractivity contribution in [2.24, 2.45) is 11.7 Å². The molecule has 21 nitrogen and oxygen atoms in total. The maximum absolute atomic E-state index is 13.8. The third-order valence-corrected chi connectivity index (χ3v) is 8.03. The number of nitrogens with one attached hydrogen (secondary N) is 6. The van der Waals surface area contributed by atoms with Gasteiger partial charge in [0.15, 0.2) is 0 Å². The van der Waals surface area contributed by atoms with Crippen LogP contribution < -0.4 is 37.6 Å². The predicted octanol–water partition coefficient (Wildman–Crippen LogP) is -4.06. The van der Waals surface area contributed by atoms with E-state index < -0.39 is 128 Å². The Morgan fingerprint density at radius 2 is 1.26 bits per heavy atom. The van der Waals surface area contributed by atoms with Gasteiger partial charge in [-0.2, -0.15) is 0 Å². The van der Waals surface area contributed by atoms with Gasteiger partial charge in [0, 0.05) is 12.8 Å². The van der Waals surface area contributed by atoms with Gasteiger partial charge >= 0.3 is 17.9 Å². The molecule has 300 valence electrons. The van der Waals surface area contributed by atoms with Gasteiger partial charge in [0.2, 0.25) is 35.4 Å². The third kappa shape index (κ3) is 16.3. The fraction of sp³-hybridized carbons (Fsp3) is 0.545. The number of carbonyl (C=O) groups is 9. The van der Waals surface area contributed by atoms with Crippen LogP contribution in [-0.4, -0.2) is 134 Å². The van der Waals surface area contributed by atoms with E-state index in [2.05, 4.69) is 26.6 Å². The van der Waals surface area contributed by atoms with E-state index in [4.69, 9.17) is 15.9 Å². The summed E-state index contributed by atoms with van der Waals surface area (Å²) in [5.74, 6) is -10.9. The van der Waals surface area contributed by atoms with Crippen molar-refractivity contribution in [3.8, 4) is 0 Å². The summed E-state index contributed by atoms with van der Waals surface area (Å²) in [4.78, 5) is 111. The standard InChI is InChI=1S/C33H49N7O14/c1-4-16(2)26(31(51)38-22(15-41)30(50)37-21(33(53)54)13-25(46)47)40-29(49)20(12-18-8-6-5-7-9-18)36-32(52)27(17(3)42)39-23(43)14-35-28(48)19(34)10-11-24(44)45/h5-9,16-17,19-22,26-27,41-42H,4,10-15,34H2,1-3H3,(H,35,48)(H,36,52)(H,37,50)(H,38,51)(H,39,43)(H,40,49)(H,44,45)(H,46,47)(H,53,54)/t16-,17+,19-,20-,21-,22-,26-,27-/m0/s1. The molecule has 0 saturated heterocycles. The zero-order valence-electron chi connectivity index (χ0n) is 29.9. The largest absolute Gasteiger partial charge is 0.481 e. The lowest BCUT2D eigenvalue weighted by Crippen LogP contribution is -2.62. The topological polar surface area (TPSA) is 353 Å². The number of rotatable bonds is 24. The van der Waals surface area contributed by atoms with Gasteiger partial charge in [-0.15, -0.1) is 0 Å². The van der Waals surface area contributed by atoms with E-state index in [1.165, 1.54) is 6.92 Å². The summed E-state index contributed by atoms with van der Waals surface area (Å²) in [6.45, 7) is 2.71. The highest BCUT2D eigenvalue weighted by molar-refractivity contribution is 5.97. The highest BCUT2D eigenvalue weighted by Gasteiger charge is 2.35. The van der Waals surface area contributed by atoms with Crippen molar-refractivity contribution in [2.75, 3.05) is 13.2 Å². The molecule has 0 aliphatic heterocycles. The van der Waals surface area contributed by atoms with Crippen LogP contribution in [0.3, 0.4) is 0 Å². The van der Waals surface area contributed by atoms with Crippen LogP contribution >= 0.6 is 0 Å². The van der Waals surface area contributed by atoms with E-state index in [1.807, 2.05) is 5.32 Å². The maximum Gasteiger partial charge on any atom is 0.326 e. The SMILES string of the molecule is CC[C@H](C)[C@H](NC(=O)[C@H](Cc1ccccc1)NC(=O)[C@@H](NC(=O)CNC(=O)[C@@H](N)CCC(=O)O)[C@@H](C)O)C(=O)N[C@@H](CO)C(=O)N[C@@H](CC(=O)O)C(=O)O. The third-order valence-electron chi connectivity index (χ3n) is 8.03. The number of carboxylic acid groups (broad SMARTS) is 3. The fourth-order valence-electron chi connectivity index (χ4n) is 4.72. The summed E-state index contributed by atoms with van der Waals surface area (Å²) < 4.78 is 0. The van der Waals surface area contributed by atoms with Crippen molar-refractivity contribution in [2.45, 2.75) is 95.2 Å². The Bertz CT molecular complexity index is 1490. The highest BCUT2D eigenvalue weighted by Crippen LogP contribution is 2.11. The van der Waals surface area contributed by atoms with Crippen LogP contribution in [0.5, 0.6) is 0 Å². The Morgan fingerprint density at radius 1 is 0.704 bits per heavy atom. The van der Waals surface area contributed by atoms with Gasteiger partial charge in [0.05, 0.1) is 31.7 Å². The van der Waals surface area contributed by atoms with Crippen LogP contribution in [0, 0.1) is 5.92 Å². The van der Waals surface area contributed by atoms with Crippen molar-refractivity contribution >= 4 is 53.4 Å². The summed E-state index contributed by atoms with van der Waals surface area (Å²) >= 11 is 0. The number of aliphatic hydroxyl groups is 2. The molecule has 21 heteroatoms. The second kappa shape index (κ2) is 23.1. The molecule has 0 aromatic heterocycles. The minimum absolute atomic E-state index is 0.153. The summed E-state index contributed by atoms with van der Waals surface area (Å²) in [5.41, 5.74) is 6.17. The molecule has 0 fully saturated rings. The molecule has 1 rings (SSSR count). The van der Waals surface area contributed by atoms with Crippen molar-refractivity contribution < 1.29 is 68.7 Å². The summed E-state index contributed by atoms with van der Waals surface area (Å²) in [6, 6.07) is -1.05. The molecule has 1 aromatic carbocycles. The average molecular weight is 768 g/mol. The minimum atomic E-state index is -1.88. The van der Waals surface area contributed by atoms with Gasteiger partial charge in [0.1, 0.15) is 30.2 Å². The molecular formula is C33H49N7O14. The van der Waals surface area contributed by atoms with Crippen molar-refractivity contribution in [1.29, 1.82) is 0 Å². The lowest BCUT2D eigenvalue weighted by atomic mass is 9.96. The predicted molar refractivity (Wildman–Crippen MR) is 186 cm³/mol. The number of carbonyl (C=O) groups excluding carboxylic acids is 6. The first kappa shape index (κ1) is 46.4. The number of aliphatic carboxylic acids is 3. The van der Waals surface area contributed by atoms with E-state index in [-0.39, 0.29) is 12.8 Å². The number of amides is 6. The van der Waals surface area contributed by atoms with Crippen molar-refractivity contribution in [3.05, 3.63) is 35.9 Å². The lowest BCUT2D eigenvalue weighted by molar-refractivity contribution is -0.147. The van der Waals surface area contributed by atoms with Crippen molar-refractivity contribution in [1.82, 2.24) is 31.9 Å². The monoisotopic (exact) mass is 767 g/mol. The quantitative estimate of drug-likeness (QED) is 0.0476. The summed E-state index contributed by atoms with van der Waals surface area (Å²) in [5, 5.41) is 60.7. The molecule has 0 aliphatic carbocycles. The molecule has 1 aromatic rings. The first-order valence-corrected chi connectivity index (χ1v) is 16.8. The Labute approximate surface area is 309 Å². The van der Waals surface area contributed by atoms with Gasteiger partial charge in [-0.1, -0.05) is 50.6 Å². The number of nitrogens with two attached hydrogens (primary N) is 1. The molecule has 0 spiro atoms. The van der Waals surface area contributed by atoms with Crippen LogP contribution in [0.1, 0.15) is 52.0 Å². The number of benzene rings is 1. The van der Waals surface area contributed by atoms with Crippen LogP contribution in [0.2, 0.25) is 0 Å². The molecule has 6 amide bonds. The van der Waals surface area contributed by atoms with E-state index in [0.29, 0.717) is 12.0 Å². The Morgan fingerprint density at radius 3 is 1.78 bits per heavy atom. The Hall–Kier alpha value is -5.67. The second-order valence-corrected chi connectivity index (χ2v) is 12.4. The van der Waals surface area contributed by atoms with Gasteiger partial charge in [-0.25, -0.2) is 4.79 Å². The minimum Gasteiger partial charge on any atom is -0.481 e. The normalized spacial score (nSPS) is 15.3. The molecule has 0 unspecified atom stereocenters. The molecule has 0 aliphatic rings. The maximum atomic E-state index is 13.8. The molecule has 0 saturated carbocycles. The highest BCUT2D eigenvalue weighted by atomic mass is 16.4. The molecule has 13 N–H and O–H groups in total. The Kier molecular flexibility index (Phi) is 19.8. The van der Waals surface area contributed by atoms with Gasteiger partial charge in [-0.05, 0) is 24.8 Å². The first-order chi connectivity index (χ1) is 25.3. The number of aliphatic hydroxyl groups excluding tert-OH is 2. The lowest BCUT2D eigenvalue weighted by Gasteiger charge is -2.29. The molecular weight excluding hydrogens is 718 g/mol. The molecule has 8 atom stereocenters. The van der Waals surface area contributed by atoms with E-state index >= 15 is 0 Å². The zero-order valence-corrected chi connectivity index (χ0v) is 29.9. The number of hydrogen-bond donors (Lipinski definition) is 12. The van der Waals surface area contributed by atoms with E-state index in [0.717, 1.165) is 0 Å². The number of carboxylic acids is 3. The van der Waals surface area contributed by atoms with Crippen LogP contribution in [0.4, 0.5) is 0 Å². The van der Waals surface area contributed by atoms with E-state index in [9.17, 15) is 58.5 Å². The summed E-state index contributed by atoms with van der Waals surface area (Å²) in [6.07, 6.45) is -2.98. The molecule has 0 heterocycles. The first-order valence-electron chi connectivity index (χ1n) is 16.8. The summed E-state index contributed by atoms with van der Waals surface area (Å²) in [7, 11) is 0. The average Bonchev–Trinajstić information content (AvgIpc) is 3.11. The molecule has 0 radical (unpaired) electrons. The van der Waals surface area contributed by atoms with Crippen LogP contribution in [0.25, 0.3) is 0 Å². The van der Waals surface area contributed by atoms with Crippen molar-refractivity contribution in [3.63, 3.8) is 0 Å². The van der Waals surface area contributed by atoms with Gasteiger partial charge in [0.25, 0.3) is 0 Å². The van der Waals surface area contributed by atoms with Gasteiger partial charge < -0.3 is 63.2 Å². The van der Waals surface area contributed by atoms with E-state index in [1.54, 1.807) is 44.2 Å². The second-order valence-electron chi connectivity index (χ2n) is 12.4. The Balaban J connectivity index is 3.21. The van der Waals surface area contributed by atoms with Gasteiger partial charge in [-0.3, -0.25) is 38.4 Å². The van der Waals surface area contributed by atoms with Crippen LogP contribution in [-0.2, 0) is 49.6 Å². The number of hydrogen-bond acceptors (Lipinski definition) is 12. The fourth-order valence-corrected chi connectivity index (χ4v) is 4.72. The smallest absolute Gasteiger partial charge is 0.326 e.